The molecule has 28 heavy (non-hydrogen) atoms. The number of aliphatic imine (C=N–C) groups is 1. The van der Waals surface area contributed by atoms with Crippen LogP contribution in [0.15, 0.2) is 27.8 Å². The molecule has 160 valence electrons. The zero-order chi connectivity index (χ0) is 20.2. The first kappa shape index (κ1) is 22.7. The summed E-state index contributed by atoms with van der Waals surface area (Å²) in [6.07, 6.45) is 6.13. The molecule has 0 amide bonds. The molecule has 1 aliphatic heterocycles. The van der Waals surface area contributed by atoms with E-state index in [0.29, 0.717) is 26.1 Å². The van der Waals surface area contributed by atoms with Gasteiger partial charge >= 0.3 is 0 Å². The van der Waals surface area contributed by atoms with E-state index in [1.165, 1.54) is 19.3 Å². The van der Waals surface area contributed by atoms with Crippen molar-refractivity contribution in [3.8, 4) is 0 Å². The van der Waals surface area contributed by atoms with Gasteiger partial charge in [0, 0.05) is 19.6 Å². The van der Waals surface area contributed by atoms with Crippen molar-refractivity contribution in [2.45, 2.75) is 45.6 Å². The minimum absolute atomic E-state index is 0.106. The van der Waals surface area contributed by atoms with Crippen LogP contribution in [-0.4, -0.2) is 64.3 Å². The number of furan rings is 1. The summed E-state index contributed by atoms with van der Waals surface area (Å²) in [7, 11) is -3.13. The predicted octanol–water partition coefficient (Wildman–Crippen LogP) is 1.69. The largest absolute Gasteiger partial charge is 0.468 e. The van der Waals surface area contributed by atoms with E-state index in [-0.39, 0.29) is 11.8 Å². The summed E-state index contributed by atoms with van der Waals surface area (Å²) in [5.41, 5.74) is 0. The smallest absolute Gasteiger partial charge is 0.211 e. The fourth-order valence-corrected chi connectivity index (χ4v) is 3.90. The van der Waals surface area contributed by atoms with Gasteiger partial charge in [0.25, 0.3) is 0 Å². The lowest BCUT2D eigenvalue weighted by Gasteiger charge is -2.32. The summed E-state index contributed by atoms with van der Waals surface area (Å²) < 4.78 is 31.2. The number of sulfonamides is 1. The Bertz CT molecular complexity index is 670. The van der Waals surface area contributed by atoms with Gasteiger partial charge in [-0.2, -0.15) is 0 Å². The normalized spacial score (nSPS) is 17.4. The fraction of sp³-hybridized carbons (Fsp3) is 0.737. The molecule has 1 saturated heterocycles. The average Bonchev–Trinajstić information content (AvgIpc) is 3.23. The number of likely N-dealkylation sites (tertiary alicyclic amines) is 1. The Morgan fingerprint density at radius 1 is 1.21 bits per heavy atom. The lowest BCUT2D eigenvalue weighted by Crippen LogP contribution is -2.40. The molecule has 2 rings (SSSR count). The molecule has 0 bridgehead atoms. The summed E-state index contributed by atoms with van der Waals surface area (Å²) in [5, 5.41) is 6.54. The van der Waals surface area contributed by atoms with Crippen LogP contribution in [0, 0.1) is 0 Å². The van der Waals surface area contributed by atoms with Gasteiger partial charge in [-0.15, -0.1) is 0 Å². The Morgan fingerprint density at radius 3 is 2.64 bits per heavy atom. The maximum atomic E-state index is 11.5. The number of hydrogen-bond acceptors (Lipinski definition) is 5. The first-order chi connectivity index (χ1) is 13.6. The Balaban J connectivity index is 1.89. The van der Waals surface area contributed by atoms with E-state index in [9.17, 15) is 8.42 Å². The first-order valence-electron chi connectivity index (χ1n) is 10.3. The molecule has 1 unspecified atom stereocenters. The van der Waals surface area contributed by atoms with E-state index in [1.807, 2.05) is 19.1 Å². The minimum Gasteiger partial charge on any atom is -0.468 e. The van der Waals surface area contributed by atoms with E-state index in [2.05, 4.69) is 20.3 Å². The number of rotatable bonds is 11. The van der Waals surface area contributed by atoms with Crippen LogP contribution in [0.25, 0.3) is 0 Å². The third-order valence-corrected chi connectivity index (χ3v) is 6.22. The second-order valence-corrected chi connectivity index (χ2v) is 9.02. The van der Waals surface area contributed by atoms with Gasteiger partial charge in [-0.3, -0.25) is 9.89 Å². The summed E-state index contributed by atoms with van der Waals surface area (Å²) >= 11 is 0. The molecule has 2 heterocycles. The molecule has 0 spiro atoms. The van der Waals surface area contributed by atoms with Gasteiger partial charge in [-0.1, -0.05) is 6.42 Å². The third-order valence-electron chi connectivity index (χ3n) is 4.82. The minimum atomic E-state index is -3.13. The van der Waals surface area contributed by atoms with E-state index in [1.54, 1.807) is 13.2 Å². The monoisotopic (exact) mass is 413 g/mol. The van der Waals surface area contributed by atoms with Crippen molar-refractivity contribution in [3.05, 3.63) is 24.2 Å². The van der Waals surface area contributed by atoms with Crippen molar-refractivity contribution in [2.24, 2.45) is 4.99 Å². The van der Waals surface area contributed by atoms with E-state index in [0.717, 1.165) is 31.4 Å². The third kappa shape index (κ3) is 7.81. The molecule has 1 aromatic rings. The highest BCUT2D eigenvalue weighted by Crippen LogP contribution is 2.25. The maximum Gasteiger partial charge on any atom is 0.211 e. The second-order valence-electron chi connectivity index (χ2n) is 6.93. The number of nitrogens with one attached hydrogen (secondary N) is 3. The molecular weight excluding hydrogens is 378 g/mol. The highest BCUT2D eigenvalue weighted by molar-refractivity contribution is 7.89. The topological polar surface area (TPSA) is 99.0 Å². The van der Waals surface area contributed by atoms with E-state index in [4.69, 9.17) is 9.41 Å². The zero-order valence-corrected chi connectivity index (χ0v) is 17.9. The van der Waals surface area contributed by atoms with Gasteiger partial charge in [0.15, 0.2) is 5.96 Å². The molecule has 1 aliphatic rings. The quantitative estimate of drug-likeness (QED) is 0.290. The van der Waals surface area contributed by atoms with Gasteiger partial charge in [-0.05, 0) is 58.3 Å². The molecule has 1 fully saturated rings. The Morgan fingerprint density at radius 2 is 2.00 bits per heavy atom. The van der Waals surface area contributed by atoms with E-state index >= 15 is 0 Å². The van der Waals surface area contributed by atoms with Gasteiger partial charge in [0.2, 0.25) is 10.0 Å². The number of piperidine rings is 1. The fourth-order valence-electron chi connectivity index (χ4n) is 3.24. The molecule has 0 aliphatic carbocycles. The van der Waals surface area contributed by atoms with Crippen LogP contribution in [0.3, 0.4) is 0 Å². The summed E-state index contributed by atoms with van der Waals surface area (Å²) in [6, 6.07) is 4.09. The average molecular weight is 414 g/mol. The van der Waals surface area contributed by atoms with E-state index < -0.39 is 10.0 Å². The zero-order valence-electron chi connectivity index (χ0n) is 17.1. The first-order valence-corrected chi connectivity index (χ1v) is 12.0. The summed E-state index contributed by atoms with van der Waals surface area (Å²) in [5.74, 6) is 1.81. The number of guanidine groups is 1. The molecule has 0 aromatic carbocycles. The maximum absolute atomic E-state index is 11.5. The van der Waals surface area contributed by atoms with Crippen molar-refractivity contribution >= 4 is 16.0 Å². The van der Waals surface area contributed by atoms with Crippen LogP contribution < -0.4 is 15.4 Å². The van der Waals surface area contributed by atoms with Gasteiger partial charge in [-0.25, -0.2) is 13.1 Å². The number of nitrogens with zero attached hydrogens (tertiary/aromatic N) is 2. The Hall–Kier alpha value is -1.58. The highest BCUT2D eigenvalue weighted by Gasteiger charge is 2.24. The Kier molecular flexibility index (Phi) is 9.80. The lowest BCUT2D eigenvalue weighted by molar-refractivity contribution is 0.150. The van der Waals surface area contributed by atoms with Crippen molar-refractivity contribution < 1.29 is 12.8 Å². The van der Waals surface area contributed by atoms with Crippen LogP contribution in [0.5, 0.6) is 0 Å². The lowest BCUT2D eigenvalue weighted by atomic mass is 10.1. The van der Waals surface area contributed by atoms with Gasteiger partial charge in [0.05, 0.1) is 24.6 Å². The molecule has 1 atom stereocenters. The molecule has 0 radical (unpaired) electrons. The van der Waals surface area contributed by atoms with Crippen molar-refractivity contribution in [1.29, 1.82) is 0 Å². The molecule has 1 aromatic heterocycles. The molecule has 0 saturated carbocycles. The molecular formula is C19H35N5O3S. The summed E-state index contributed by atoms with van der Waals surface area (Å²) in [4.78, 5) is 7.21. The highest BCUT2D eigenvalue weighted by atomic mass is 32.2. The molecule has 3 N–H and O–H groups in total. The van der Waals surface area contributed by atoms with Crippen molar-refractivity contribution in [1.82, 2.24) is 20.3 Å². The second kappa shape index (κ2) is 12.1. The molecule has 8 nitrogen and oxygen atoms in total. The van der Waals surface area contributed by atoms with Gasteiger partial charge < -0.3 is 15.1 Å². The standard InChI is InChI=1S/C19H35N5O3S/c1-3-20-19(21-11-9-12-23-28(25,26)4-2)22-16-17(18-10-8-15-27-18)24-13-6-5-7-14-24/h8,10,15,17,23H,3-7,9,11-14,16H2,1-2H3,(H2,20,21,22). The van der Waals surface area contributed by atoms with Crippen molar-refractivity contribution in [3.63, 3.8) is 0 Å². The van der Waals surface area contributed by atoms with Gasteiger partial charge in [0.1, 0.15) is 5.76 Å². The van der Waals surface area contributed by atoms with Crippen LogP contribution in [-0.2, 0) is 10.0 Å². The van der Waals surface area contributed by atoms with Crippen LogP contribution in [0.1, 0.15) is 51.3 Å². The SMILES string of the molecule is CCNC(=NCC(c1ccco1)N1CCCCC1)NCCCNS(=O)(=O)CC. The van der Waals surface area contributed by atoms with Crippen molar-refractivity contribution in [2.75, 3.05) is 45.0 Å². The molecule has 9 heteroatoms. The predicted molar refractivity (Wildman–Crippen MR) is 113 cm³/mol. The Labute approximate surface area is 169 Å². The summed E-state index contributed by atoms with van der Waals surface area (Å²) in [6.45, 7) is 8.26. The van der Waals surface area contributed by atoms with Crippen LogP contribution in [0.4, 0.5) is 0 Å². The number of hydrogen-bond donors (Lipinski definition) is 3. The van der Waals surface area contributed by atoms with Crippen LogP contribution in [0.2, 0.25) is 0 Å². The van der Waals surface area contributed by atoms with Crippen LogP contribution >= 0.6 is 0 Å².